The molecule has 4 rings (SSSR count). The van der Waals surface area contributed by atoms with Gasteiger partial charge < -0.3 is 42.1 Å². The van der Waals surface area contributed by atoms with Gasteiger partial charge in [-0.25, -0.2) is 4.79 Å². The highest BCUT2D eigenvalue weighted by molar-refractivity contribution is 5.96. The summed E-state index contributed by atoms with van der Waals surface area (Å²) in [4.78, 5) is 72.4. The fourth-order valence-electron chi connectivity index (χ4n) is 5.99. The third-order valence-electron chi connectivity index (χ3n) is 8.60. The van der Waals surface area contributed by atoms with Gasteiger partial charge in [-0.15, -0.1) is 0 Å². The highest BCUT2D eigenvalue weighted by Gasteiger charge is 2.32. The normalized spacial score (nSPS) is 14.6. The zero-order valence-corrected chi connectivity index (χ0v) is 29.2. The molecule has 0 saturated heterocycles. The molecule has 2 aromatic carbocycles. The van der Waals surface area contributed by atoms with Crippen LogP contribution in [0.3, 0.4) is 0 Å². The van der Waals surface area contributed by atoms with Crippen LogP contribution >= 0.6 is 0 Å². The maximum atomic E-state index is 14.1. The number of benzene rings is 2. The summed E-state index contributed by atoms with van der Waals surface area (Å²) in [5.41, 5.74) is 9.44. The predicted molar refractivity (Wildman–Crippen MR) is 192 cm³/mol. The molecular weight excluding hydrogens is 638 g/mol. The van der Waals surface area contributed by atoms with Crippen molar-refractivity contribution in [1.29, 1.82) is 0 Å². The van der Waals surface area contributed by atoms with Crippen molar-refractivity contribution in [3.05, 3.63) is 72.1 Å². The smallest absolute Gasteiger partial charge is 0.326 e. The number of aliphatic carboxylic acids is 1. The number of carbonyl (C=O) groups is 5. The van der Waals surface area contributed by atoms with Gasteiger partial charge in [0.15, 0.2) is 0 Å². The molecule has 0 spiro atoms. The van der Waals surface area contributed by atoms with Gasteiger partial charge in [0.25, 0.3) is 0 Å². The second-order valence-electron chi connectivity index (χ2n) is 13.7. The van der Waals surface area contributed by atoms with E-state index in [0.717, 1.165) is 32.9 Å². The Morgan fingerprint density at radius 2 is 1.06 bits per heavy atom. The largest absolute Gasteiger partial charge is 0.480 e. The highest BCUT2D eigenvalue weighted by atomic mass is 16.4. The van der Waals surface area contributed by atoms with E-state index < -0.39 is 59.8 Å². The summed E-state index contributed by atoms with van der Waals surface area (Å²) in [7, 11) is 0. The van der Waals surface area contributed by atoms with Crippen molar-refractivity contribution < 1.29 is 29.1 Å². The first-order chi connectivity index (χ1) is 23.7. The fourth-order valence-corrected chi connectivity index (χ4v) is 5.99. The lowest BCUT2D eigenvalue weighted by Crippen LogP contribution is -2.59. The molecule has 2 aromatic heterocycles. The molecular formula is C37H49N7O6. The van der Waals surface area contributed by atoms with Crippen LogP contribution in [0.5, 0.6) is 0 Å². The molecule has 0 aliphatic carbocycles. The van der Waals surface area contributed by atoms with Crippen LogP contribution in [0, 0.1) is 11.8 Å². The molecule has 0 aliphatic rings. The summed E-state index contributed by atoms with van der Waals surface area (Å²) in [5.74, 6) is -3.45. The molecule has 4 amide bonds. The van der Waals surface area contributed by atoms with Crippen molar-refractivity contribution in [3.8, 4) is 0 Å². The Labute approximate surface area is 291 Å². The van der Waals surface area contributed by atoms with E-state index in [9.17, 15) is 29.1 Å². The molecule has 0 radical (unpaired) electrons. The summed E-state index contributed by atoms with van der Waals surface area (Å²) < 4.78 is 0. The van der Waals surface area contributed by atoms with E-state index in [4.69, 9.17) is 5.73 Å². The predicted octanol–water partition coefficient (Wildman–Crippen LogP) is 2.90. The Morgan fingerprint density at radius 3 is 1.54 bits per heavy atom. The van der Waals surface area contributed by atoms with Gasteiger partial charge in [0.05, 0.1) is 6.04 Å². The van der Waals surface area contributed by atoms with Crippen LogP contribution < -0.4 is 27.0 Å². The molecule has 0 aliphatic heterocycles. The quantitative estimate of drug-likeness (QED) is 0.0831. The van der Waals surface area contributed by atoms with Crippen molar-refractivity contribution in [2.45, 2.75) is 90.5 Å². The summed E-state index contributed by atoms with van der Waals surface area (Å²) in [6.07, 6.45) is 4.34. The first kappa shape index (κ1) is 37.6. The number of para-hydroxylation sites is 2. The molecule has 50 heavy (non-hydrogen) atoms. The lowest BCUT2D eigenvalue weighted by molar-refractivity contribution is -0.142. The molecule has 4 aromatic rings. The van der Waals surface area contributed by atoms with Gasteiger partial charge in [-0.2, -0.15) is 0 Å². The molecule has 9 N–H and O–H groups in total. The van der Waals surface area contributed by atoms with E-state index >= 15 is 0 Å². The van der Waals surface area contributed by atoms with Gasteiger partial charge in [0.2, 0.25) is 23.6 Å². The summed E-state index contributed by atoms with van der Waals surface area (Å²) in [6.45, 7) is 9.03. The molecule has 13 nitrogen and oxygen atoms in total. The number of carboxylic acid groups (broad SMARTS) is 1. The van der Waals surface area contributed by atoms with Crippen molar-refractivity contribution in [3.63, 3.8) is 0 Å². The SMILES string of the molecule is CC(C)C[C@H](NC(=O)[C@H](C)NC(=O)[C@H](Cc1c[nH]c2ccccc12)NC(=O)[C@H](Cc1c[nH]c2ccccc12)NC(=O)[C@@H](N)CC(C)C)C(=O)O. The Hall–Kier alpha value is -5.17. The number of amides is 4. The highest BCUT2D eigenvalue weighted by Crippen LogP contribution is 2.21. The van der Waals surface area contributed by atoms with E-state index in [0.29, 0.717) is 6.42 Å². The topological polar surface area (TPSA) is 211 Å². The van der Waals surface area contributed by atoms with Crippen molar-refractivity contribution in [2.75, 3.05) is 0 Å². The number of hydrogen-bond acceptors (Lipinski definition) is 6. The van der Waals surface area contributed by atoms with E-state index in [1.54, 1.807) is 12.4 Å². The van der Waals surface area contributed by atoms with E-state index in [-0.39, 0.29) is 31.1 Å². The standard InChI is InChI=1S/C37H49N7O6/c1-20(2)14-27(38)34(46)42-31(17-24-19-40-29-13-9-7-11-26(24)29)36(48)43-30(16-23-18-39-28-12-8-6-10-25(23)28)35(47)41-22(5)33(45)44-32(37(49)50)15-21(3)4/h6-13,18-22,27,30-32,39-40H,14-17,38H2,1-5H3,(H,41,47)(H,42,46)(H,43,48)(H,44,45)(H,49,50)/t22-,27-,30-,31-,32-/m0/s1. The number of aromatic nitrogens is 2. The maximum absolute atomic E-state index is 14.1. The monoisotopic (exact) mass is 687 g/mol. The molecule has 0 bridgehead atoms. The first-order valence-corrected chi connectivity index (χ1v) is 17.0. The Bertz CT molecular complexity index is 1810. The van der Waals surface area contributed by atoms with Crippen molar-refractivity contribution in [1.82, 2.24) is 31.2 Å². The fraction of sp³-hybridized carbons (Fsp3) is 0.432. The van der Waals surface area contributed by atoms with Gasteiger partial charge in [0.1, 0.15) is 24.2 Å². The number of rotatable bonds is 17. The van der Waals surface area contributed by atoms with Crippen LogP contribution in [0.1, 0.15) is 58.6 Å². The zero-order chi connectivity index (χ0) is 36.5. The third-order valence-corrected chi connectivity index (χ3v) is 8.60. The van der Waals surface area contributed by atoms with Gasteiger partial charge in [-0.1, -0.05) is 64.1 Å². The number of nitrogens with two attached hydrogens (primary N) is 1. The number of nitrogens with one attached hydrogen (secondary N) is 6. The maximum Gasteiger partial charge on any atom is 0.326 e. The van der Waals surface area contributed by atoms with Crippen molar-refractivity contribution >= 4 is 51.4 Å². The number of aromatic amines is 2. The number of carboxylic acids is 1. The molecule has 2 heterocycles. The van der Waals surface area contributed by atoms with Crippen LogP contribution in [0.2, 0.25) is 0 Å². The van der Waals surface area contributed by atoms with Crippen LogP contribution in [0.4, 0.5) is 0 Å². The summed E-state index contributed by atoms with van der Waals surface area (Å²) >= 11 is 0. The Morgan fingerprint density at radius 1 is 0.620 bits per heavy atom. The first-order valence-electron chi connectivity index (χ1n) is 17.0. The average Bonchev–Trinajstić information content (AvgIpc) is 3.67. The lowest BCUT2D eigenvalue weighted by Gasteiger charge is -2.26. The summed E-state index contributed by atoms with van der Waals surface area (Å²) in [5, 5.41) is 22.1. The second kappa shape index (κ2) is 17.0. The molecule has 0 saturated carbocycles. The number of carbonyl (C=O) groups excluding carboxylic acids is 4. The number of hydrogen-bond donors (Lipinski definition) is 8. The van der Waals surface area contributed by atoms with Gasteiger partial charge in [-0.05, 0) is 54.9 Å². The summed E-state index contributed by atoms with van der Waals surface area (Å²) in [6, 6.07) is 9.77. The van der Waals surface area contributed by atoms with Crippen LogP contribution in [-0.4, -0.2) is 74.9 Å². The zero-order valence-electron chi connectivity index (χ0n) is 29.2. The molecule has 5 atom stereocenters. The van der Waals surface area contributed by atoms with Gasteiger partial charge in [0, 0.05) is 47.0 Å². The van der Waals surface area contributed by atoms with E-state index in [1.165, 1.54) is 6.92 Å². The Kier molecular flexibility index (Phi) is 12.8. The van der Waals surface area contributed by atoms with Crippen LogP contribution in [-0.2, 0) is 36.8 Å². The second-order valence-corrected chi connectivity index (χ2v) is 13.7. The van der Waals surface area contributed by atoms with Crippen LogP contribution in [0.15, 0.2) is 60.9 Å². The minimum Gasteiger partial charge on any atom is -0.480 e. The lowest BCUT2D eigenvalue weighted by atomic mass is 10.00. The molecule has 0 fully saturated rings. The van der Waals surface area contributed by atoms with E-state index in [2.05, 4.69) is 31.2 Å². The molecule has 13 heteroatoms. The third kappa shape index (κ3) is 9.94. The number of fused-ring (bicyclic) bond motifs is 2. The van der Waals surface area contributed by atoms with Crippen LogP contribution in [0.25, 0.3) is 21.8 Å². The molecule has 0 unspecified atom stereocenters. The minimum atomic E-state index is -1.17. The van der Waals surface area contributed by atoms with Gasteiger partial charge in [-0.3, -0.25) is 19.2 Å². The minimum absolute atomic E-state index is 0.00896. The molecule has 268 valence electrons. The Balaban J connectivity index is 1.60. The van der Waals surface area contributed by atoms with Gasteiger partial charge >= 0.3 is 5.97 Å². The number of H-pyrrole nitrogens is 2. The van der Waals surface area contributed by atoms with E-state index in [1.807, 2.05) is 76.2 Å². The average molecular weight is 688 g/mol. The van der Waals surface area contributed by atoms with Crippen molar-refractivity contribution in [2.24, 2.45) is 17.6 Å².